The van der Waals surface area contributed by atoms with Gasteiger partial charge in [-0.3, -0.25) is 0 Å². The van der Waals surface area contributed by atoms with Crippen LogP contribution in [0.5, 0.6) is 5.75 Å². The molecule has 138 valence electrons. The monoisotopic (exact) mass is 489 g/mol. The normalized spacial score (nSPS) is 17.5. The van der Waals surface area contributed by atoms with Crippen LogP contribution in [-0.4, -0.2) is 39.0 Å². The minimum Gasteiger partial charge on any atom is -0.497 e. The van der Waals surface area contributed by atoms with Crippen molar-refractivity contribution in [1.82, 2.24) is 4.31 Å². The molecule has 0 saturated carbocycles. The molecule has 7 nitrogen and oxygen atoms in total. The zero-order valence-corrected chi connectivity index (χ0v) is 17.0. The van der Waals surface area contributed by atoms with Gasteiger partial charge in [0.1, 0.15) is 17.5 Å². The van der Waals surface area contributed by atoms with Crippen molar-refractivity contribution in [1.29, 1.82) is 0 Å². The third kappa shape index (κ3) is 3.20. The van der Waals surface area contributed by atoms with Crippen LogP contribution < -0.4 is 4.74 Å². The molecule has 0 saturated heterocycles. The smallest absolute Gasteiger partial charge is 0.330 e. The van der Waals surface area contributed by atoms with Crippen LogP contribution in [0.15, 0.2) is 55.6 Å². The number of rotatable bonds is 5. The first-order valence-electron chi connectivity index (χ1n) is 7.59. The highest BCUT2D eigenvalue weighted by Gasteiger charge is 2.45. The van der Waals surface area contributed by atoms with E-state index in [9.17, 15) is 13.2 Å². The standard InChI is InChI=1S/C17H16INO6S/c1-23-11-5-7-12(8-6-11)26(21,22)19-14(17(20)24-2)10-13(18)16(19)15-4-3-9-25-15/h3-9,14H,10H2,1-2H3/t14-/m0/s1. The van der Waals surface area contributed by atoms with Crippen LogP contribution in [0.1, 0.15) is 12.2 Å². The zero-order valence-electron chi connectivity index (χ0n) is 14.0. The molecule has 1 aromatic carbocycles. The summed E-state index contributed by atoms with van der Waals surface area (Å²) in [5, 5.41) is 0. The minimum atomic E-state index is -4.02. The highest BCUT2D eigenvalue weighted by molar-refractivity contribution is 14.1. The number of hydrogen-bond donors (Lipinski definition) is 0. The quantitative estimate of drug-likeness (QED) is 0.474. The number of carbonyl (C=O) groups is 1. The molecule has 0 spiro atoms. The molecule has 2 aromatic rings. The zero-order chi connectivity index (χ0) is 18.9. The van der Waals surface area contributed by atoms with Gasteiger partial charge in [0.05, 0.1) is 25.4 Å². The number of sulfonamides is 1. The van der Waals surface area contributed by atoms with Gasteiger partial charge >= 0.3 is 5.97 Å². The number of furan rings is 1. The van der Waals surface area contributed by atoms with E-state index in [1.165, 1.54) is 32.6 Å². The first kappa shape index (κ1) is 18.8. The number of benzene rings is 1. The van der Waals surface area contributed by atoms with Gasteiger partial charge in [0.25, 0.3) is 10.0 Å². The van der Waals surface area contributed by atoms with Gasteiger partial charge in [-0.15, -0.1) is 0 Å². The Balaban J connectivity index is 2.12. The van der Waals surface area contributed by atoms with Crippen molar-refractivity contribution in [2.24, 2.45) is 0 Å². The van der Waals surface area contributed by atoms with Crippen LogP contribution in [0, 0.1) is 0 Å². The fourth-order valence-corrected chi connectivity index (χ4v) is 5.49. The van der Waals surface area contributed by atoms with E-state index in [-0.39, 0.29) is 11.3 Å². The van der Waals surface area contributed by atoms with E-state index in [2.05, 4.69) is 0 Å². The van der Waals surface area contributed by atoms with Crippen molar-refractivity contribution in [3.8, 4) is 5.75 Å². The van der Waals surface area contributed by atoms with E-state index >= 15 is 0 Å². The highest BCUT2D eigenvalue weighted by atomic mass is 127. The van der Waals surface area contributed by atoms with Crippen LogP contribution in [0.4, 0.5) is 0 Å². The molecule has 3 rings (SSSR count). The molecule has 1 atom stereocenters. The lowest BCUT2D eigenvalue weighted by atomic mass is 10.2. The average molecular weight is 489 g/mol. The lowest BCUT2D eigenvalue weighted by Gasteiger charge is -2.26. The second-order valence-corrected chi connectivity index (χ2v) is 8.57. The summed E-state index contributed by atoms with van der Waals surface area (Å²) in [7, 11) is -1.29. The molecular weight excluding hydrogens is 473 g/mol. The molecule has 2 heterocycles. The first-order chi connectivity index (χ1) is 12.4. The molecule has 0 N–H and O–H groups in total. The number of halogens is 1. The number of nitrogens with zero attached hydrogens (tertiary/aromatic N) is 1. The summed E-state index contributed by atoms with van der Waals surface area (Å²) in [5.74, 6) is 0.280. The minimum absolute atomic E-state index is 0.0439. The Morgan fingerprint density at radius 2 is 1.92 bits per heavy atom. The molecule has 0 amide bonds. The van der Waals surface area contributed by atoms with E-state index in [4.69, 9.17) is 13.9 Å². The Labute approximate surface area is 164 Å². The summed E-state index contributed by atoms with van der Waals surface area (Å²) in [6.45, 7) is 0. The van der Waals surface area contributed by atoms with Gasteiger partial charge in [-0.2, -0.15) is 0 Å². The number of ether oxygens (including phenoxy) is 2. The summed E-state index contributed by atoms with van der Waals surface area (Å²) in [5.41, 5.74) is 0.349. The Morgan fingerprint density at radius 1 is 1.23 bits per heavy atom. The largest absolute Gasteiger partial charge is 0.497 e. The first-order valence-corrected chi connectivity index (χ1v) is 10.1. The predicted octanol–water partition coefficient (Wildman–Crippen LogP) is 3.03. The highest BCUT2D eigenvalue weighted by Crippen LogP contribution is 2.43. The molecule has 1 aliphatic rings. The van der Waals surface area contributed by atoms with Crippen LogP contribution in [0.2, 0.25) is 0 Å². The van der Waals surface area contributed by atoms with Crippen molar-refractivity contribution in [2.75, 3.05) is 14.2 Å². The van der Waals surface area contributed by atoms with E-state index in [1.807, 2.05) is 22.6 Å². The van der Waals surface area contributed by atoms with Crippen LogP contribution in [0.25, 0.3) is 5.70 Å². The molecule has 0 aliphatic carbocycles. The molecule has 26 heavy (non-hydrogen) atoms. The molecule has 1 aromatic heterocycles. The maximum Gasteiger partial charge on any atom is 0.330 e. The molecule has 1 aliphatic heterocycles. The predicted molar refractivity (Wildman–Crippen MR) is 102 cm³/mol. The van der Waals surface area contributed by atoms with Crippen molar-refractivity contribution in [2.45, 2.75) is 17.4 Å². The summed E-state index contributed by atoms with van der Waals surface area (Å²) in [6, 6.07) is 8.31. The van der Waals surface area contributed by atoms with E-state index in [0.717, 1.165) is 4.31 Å². The second kappa shape index (κ2) is 7.31. The summed E-state index contributed by atoms with van der Waals surface area (Å²) >= 11 is 2.03. The second-order valence-electron chi connectivity index (χ2n) is 5.45. The molecule has 0 unspecified atom stereocenters. The van der Waals surface area contributed by atoms with E-state index < -0.39 is 22.0 Å². The third-order valence-corrected chi connectivity index (χ3v) is 6.75. The molecule has 0 radical (unpaired) electrons. The summed E-state index contributed by atoms with van der Waals surface area (Å²) < 4.78 is 43.7. The SMILES string of the molecule is COC(=O)[C@@H]1CC(I)=C(c2ccco2)N1S(=O)(=O)c1ccc(OC)cc1. The maximum absolute atomic E-state index is 13.3. The number of methoxy groups -OCH3 is 2. The molecular formula is C17H16INO6S. The van der Waals surface area contributed by atoms with E-state index in [1.54, 1.807) is 24.3 Å². The van der Waals surface area contributed by atoms with Crippen LogP contribution in [0.3, 0.4) is 0 Å². The Bertz CT molecular complexity index is 934. The van der Waals surface area contributed by atoms with Gasteiger partial charge in [-0.05, 0) is 59.0 Å². The summed E-state index contributed by atoms with van der Waals surface area (Å²) in [6.07, 6.45) is 1.68. The lowest BCUT2D eigenvalue weighted by Crippen LogP contribution is -2.41. The van der Waals surface area contributed by atoms with Gasteiger partial charge in [0.15, 0.2) is 5.76 Å². The lowest BCUT2D eigenvalue weighted by molar-refractivity contribution is -0.144. The van der Waals surface area contributed by atoms with Crippen LogP contribution in [-0.2, 0) is 19.6 Å². The molecule has 9 heteroatoms. The Morgan fingerprint density at radius 3 is 2.46 bits per heavy atom. The fraction of sp³-hybridized carbons (Fsp3) is 0.235. The number of hydrogen-bond acceptors (Lipinski definition) is 6. The molecule has 0 bridgehead atoms. The van der Waals surface area contributed by atoms with Gasteiger partial charge in [-0.1, -0.05) is 0 Å². The Hall–Kier alpha value is -2.01. The van der Waals surface area contributed by atoms with Crippen molar-refractivity contribution in [3.63, 3.8) is 0 Å². The van der Waals surface area contributed by atoms with Crippen molar-refractivity contribution >= 4 is 44.3 Å². The summed E-state index contributed by atoms with van der Waals surface area (Å²) in [4.78, 5) is 12.3. The fourth-order valence-electron chi connectivity index (χ4n) is 2.74. The van der Waals surface area contributed by atoms with Gasteiger partial charge < -0.3 is 13.9 Å². The van der Waals surface area contributed by atoms with Crippen LogP contribution >= 0.6 is 22.6 Å². The maximum atomic E-state index is 13.3. The van der Waals surface area contributed by atoms with E-state index in [0.29, 0.717) is 20.8 Å². The van der Waals surface area contributed by atoms with Gasteiger partial charge in [-0.25, -0.2) is 17.5 Å². The average Bonchev–Trinajstić information content (AvgIpc) is 3.28. The number of esters is 1. The number of carbonyl (C=O) groups excluding carboxylic acids is 1. The third-order valence-electron chi connectivity index (χ3n) is 3.98. The van der Waals surface area contributed by atoms with Gasteiger partial charge in [0.2, 0.25) is 0 Å². The Kier molecular flexibility index (Phi) is 5.28. The van der Waals surface area contributed by atoms with Crippen molar-refractivity contribution < 1.29 is 27.1 Å². The molecule has 0 fully saturated rings. The topological polar surface area (TPSA) is 86.0 Å². The van der Waals surface area contributed by atoms with Gasteiger partial charge in [0, 0.05) is 10.0 Å². The van der Waals surface area contributed by atoms with Crippen molar-refractivity contribution in [3.05, 3.63) is 52.0 Å².